The molecule has 190 valence electrons. The summed E-state index contributed by atoms with van der Waals surface area (Å²) >= 11 is 0. The van der Waals surface area contributed by atoms with Gasteiger partial charge in [-0.05, 0) is 111 Å². The van der Waals surface area contributed by atoms with Crippen molar-refractivity contribution in [2.45, 2.75) is 31.7 Å². The fourth-order valence-electron chi connectivity index (χ4n) is 4.71. The minimum Gasteiger partial charge on any atom is -0.497 e. The van der Waals surface area contributed by atoms with Gasteiger partial charge in [0.25, 0.3) is 5.91 Å². The lowest BCUT2D eigenvalue weighted by Gasteiger charge is -2.24. The molecule has 0 spiro atoms. The first-order valence-corrected chi connectivity index (χ1v) is 12.7. The molecule has 6 heteroatoms. The van der Waals surface area contributed by atoms with Gasteiger partial charge in [0.2, 0.25) is 0 Å². The fraction of sp³-hybridized carbons (Fsp3) is 0.290. The number of methoxy groups -OCH3 is 1. The molecule has 6 rings (SSSR count). The largest absolute Gasteiger partial charge is 0.497 e. The van der Waals surface area contributed by atoms with E-state index in [4.69, 9.17) is 4.74 Å². The smallest absolute Gasteiger partial charge is 0.252 e. The van der Waals surface area contributed by atoms with Crippen LogP contribution in [0.25, 0.3) is 22.0 Å². The Balaban J connectivity index is 0.000000503. The Morgan fingerprint density at radius 1 is 1.03 bits per heavy atom. The van der Waals surface area contributed by atoms with Crippen LogP contribution in [0.5, 0.6) is 5.75 Å². The molecule has 2 heterocycles. The number of fused-ring (bicyclic) bond motifs is 1. The van der Waals surface area contributed by atoms with E-state index in [1.54, 1.807) is 31.5 Å². The van der Waals surface area contributed by atoms with Crippen LogP contribution in [0, 0.1) is 12.7 Å². The number of nitrogens with one attached hydrogen (secondary N) is 1. The number of amides is 1. The van der Waals surface area contributed by atoms with Gasteiger partial charge < -0.3 is 15.0 Å². The number of carbonyl (C=O) groups is 1. The van der Waals surface area contributed by atoms with E-state index < -0.39 is 5.54 Å². The molecule has 2 aliphatic rings. The zero-order chi connectivity index (χ0) is 26.0. The number of nitrogens with zero attached hydrogens (tertiary/aromatic N) is 2. The summed E-state index contributed by atoms with van der Waals surface area (Å²) < 4.78 is 18.8. The summed E-state index contributed by atoms with van der Waals surface area (Å²) in [5, 5.41) is 4.30. The molecule has 1 aromatic heterocycles. The summed E-state index contributed by atoms with van der Waals surface area (Å²) in [6.45, 7) is 4.56. The monoisotopic (exact) mass is 497 g/mol. The molecule has 4 aromatic rings. The van der Waals surface area contributed by atoms with Gasteiger partial charge >= 0.3 is 0 Å². The van der Waals surface area contributed by atoms with E-state index in [1.165, 1.54) is 31.6 Å². The Kier molecular flexibility index (Phi) is 6.94. The number of aryl methyl sites for hydroxylation is 1. The average molecular weight is 498 g/mol. The fourth-order valence-corrected chi connectivity index (χ4v) is 4.71. The van der Waals surface area contributed by atoms with Gasteiger partial charge in [-0.25, -0.2) is 4.39 Å². The first kappa shape index (κ1) is 24.9. The molecule has 5 nitrogen and oxygen atoms in total. The second-order valence-corrected chi connectivity index (χ2v) is 9.97. The summed E-state index contributed by atoms with van der Waals surface area (Å²) in [5.41, 5.74) is 4.79. The number of aromatic nitrogens is 1. The number of hydrogen-bond acceptors (Lipinski definition) is 4. The molecule has 1 aliphatic carbocycles. The highest BCUT2D eigenvalue weighted by molar-refractivity contribution is 5.98. The molecule has 37 heavy (non-hydrogen) atoms. The number of likely N-dealkylation sites (tertiary alicyclic amines) is 1. The third-order valence-corrected chi connectivity index (χ3v) is 7.29. The highest BCUT2D eigenvalue weighted by atomic mass is 19.1. The van der Waals surface area contributed by atoms with Crippen LogP contribution >= 0.6 is 0 Å². The molecule has 1 aliphatic heterocycles. The van der Waals surface area contributed by atoms with Crippen molar-refractivity contribution in [1.82, 2.24) is 15.2 Å². The zero-order valence-electron chi connectivity index (χ0n) is 21.6. The van der Waals surface area contributed by atoms with Crippen molar-refractivity contribution in [3.05, 3.63) is 95.4 Å². The third-order valence-electron chi connectivity index (χ3n) is 7.29. The minimum atomic E-state index is -0.454. The first-order chi connectivity index (χ1) is 17.9. The van der Waals surface area contributed by atoms with Gasteiger partial charge in [0.1, 0.15) is 11.6 Å². The molecule has 0 unspecified atom stereocenters. The Morgan fingerprint density at radius 3 is 2.38 bits per heavy atom. The topological polar surface area (TPSA) is 54.5 Å². The van der Waals surface area contributed by atoms with Gasteiger partial charge in [-0.2, -0.15) is 0 Å². The van der Waals surface area contributed by atoms with Crippen LogP contribution in [-0.2, 0) is 5.54 Å². The molecule has 1 amide bonds. The summed E-state index contributed by atoms with van der Waals surface area (Å²) in [5.74, 6) is 0.258. The SMILES string of the molecule is CN1CCC1.COc1ccc(C)c(C(=O)NC2(c3cc(-c4ccc(F)cc4)cc4ncccc34)CC2)c1. The van der Waals surface area contributed by atoms with Crippen LogP contribution in [0.3, 0.4) is 0 Å². The highest BCUT2D eigenvalue weighted by Crippen LogP contribution is 2.49. The summed E-state index contributed by atoms with van der Waals surface area (Å²) in [4.78, 5) is 20.1. The van der Waals surface area contributed by atoms with Crippen molar-refractivity contribution in [3.63, 3.8) is 0 Å². The van der Waals surface area contributed by atoms with E-state index >= 15 is 0 Å². The number of benzene rings is 3. The Morgan fingerprint density at radius 2 is 1.76 bits per heavy atom. The molecule has 1 N–H and O–H groups in total. The number of hydrogen-bond donors (Lipinski definition) is 1. The maximum Gasteiger partial charge on any atom is 0.252 e. The number of pyridine rings is 1. The van der Waals surface area contributed by atoms with Crippen LogP contribution in [0.15, 0.2) is 72.9 Å². The van der Waals surface area contributed by atoms with Crippen LogP contribution in [0.4, 0.5) is 4.39 Å². The van der Waals surface area contributed by atoms with Gasteiger partial charge in [-0.15, -0.1) is 0 Å². The van der Waals surface area contributed by atoms with E-state index in [9.17, 15) is 9.18 Å². The van der Waals surface area contributed by atoms with Crippen molar-refractivity contribution in [1.29, 1.82) is 0 Å². The lowest BCUT2D eigenvalue weighted by atomic mass is 9.93. The zero-order valence-corrected chi connectivity index (χ0v) is 21.6. The van der Waals surface area contributed by atoms with Gasteiger partial charge in [0, 0.05) is 17.1 Å². The van der Waals surface area contributed by atoms with E-state index in [1.807, 2.05) is 37.3 Å². The lowest BCUT2D eigenvalue weighted by Crippen LogP contribution is -2.35. The lowest BCUT2D eigenvalue weighted by molar-refractivity contribution is 0.0930. The Bertz CT molecular complexity index is 1430. The molecule has 0 bridgehead atoms. The molecule has 1 saturated carbocycles. The van der Waals surface area contributed by atoms with Crippen molar-refractivity contribution in [2.75, 3.05) is 27.2 Å². The second kappa shape index (κ2) is 10.3. The number of ether oxygens (including phenoxy) is 1. The number of rotatable bonds is 5. The number of carbonyl (C=O) groups excluding carboxylic acids is 1. The van der Waals surface area contributed by atoms with Crippen LogP contribution < -0.4 is 10.1 Å². The quantitative estimate of drug-likeness (QED) is 0.362. The van der Waals surface area contributed by atoms with E-state index in [0.717, 1.165) is 46.0 Å². The summed E-state index contributed by atoms with van der Waals surface area (Å²) in [6, 6.07) is 20.0. The predicted octanol–water partition coefficient (Wildman–Crippen LogP) is 6.10. The predicted molar refractivity (Wildman–Crippen MR) is 145 cm³/mol. The van der Waals surface area contributed by atoms with Crippen molar-refractivity contribution >= 4 is 16.8 Å². The minimum absolute atomic E-state index is 0.122. The molecule has 2 fully saturated rings. The van der Waals surface area contributed by atoms with E-state index in [-0.39, 0.29) is 11.7 Å². The first-order valence-electron chi connectivity index (χ1n) is 12.7. The van der Waals surface area contributed by atoms with Crippen LogP contribution in [0.2, 0.25) is 0 Å². The normalized spacial score (nSPS) is 15.8. The average Bonchev–Trinajstić information content (AvgIpc) is 3.68. The Hall–Kier alpha value is -3.77. The number of halogens is 1. The van der Waals surface area contributed by atoms with Crippen molar-refractivity contribution in [2.24, 2.45) is 0 Å². The van der Waals surface area contributed by atoms with Crippen LogP contribution in [0.1, 0.15) is 40.7 Å². The maximum atomic E-state index is 13.5. The van der Waals surface area contributed by atoms with Gasteiger partial charge in [0.05, 0.1) is 18.2 Å². The molecular weight excluding hydrogens is 465 g/mol. The van der Waals surface area contributed by atoms with Gasteiger partial charge in [0.15, 0.2) is 0 Å². The molecule has 3 aromatic carbocycles. The van der Waals surface area contributed by atoms with Crippen LogP contribution in [-0.4, -0.2) is 43.0 Å². The summed E-state index contributed by atoms with van der Waals surface area (Å²) in [6.07, 6.45) is 4.87. The maximum absolute atomic E-state index is 13.5. The molecule has 0 atom stereocenters. The van der Waals surface area contributed by atoms with Crippen molar-refractivity contribution < 1.29 is 13.9 Å². The van der Waals surface area contributed by atoms with Gasteiger partial charge in [-0.3, -0.25) is 9.78 Å². The van der Waals surface area contributed by atoms with E-state index in [0.29, 0.717) is 11.3 Å². The second-order valence-electron chi connectivity index (χ2n) is 9.97. The van der Waals surface area contributed by atoms with E-state index in [2.05, 4.69) is 28.3 Å². The molecule has 1 saturated heterocycles. The molecular formula is C31H32FN3O2. The molecule has 0 radical (unpaired) electrons. The van der Waals surface area contributed by atoms with Crippen molar-refractivity contribution in [3.8, 4) is 16.9 Å². The Labute approximate surface area is 217 Å². The standard InChI is InChI=1S/C27H23FN2O2.C4H9N/c1-17-5-10-21(32-2)16-23(17)26(31)30-27(11-12-27)24-14-19(18-6-8-20(28)9-7-18)15-25-22(24)4-3-13-29-25;1-5-3-2-4-5/h3-10,13-16H,11-12H2,1-2H3,(H,30,31);2-4H2,1H3. The van der Waals surface area contributed by atoms with Gasteiger partial charge in [-0.1, -0.05) is 24.3 Å². The highest BCUT2D eigenvalue weighted by Gasteiger charge is 2.47. The summed E-state index contributed by atoms with van der Waals surface area (Å²) in [7, 11) is 3.73. The third kappa shape index (κ3) is 5.35.